The summed E-state index contributed by atoms with van der Waals surface area (Å²) < 4.78 is 0. The fourth-order valence-corrected chi connectivity index (χ4v) is 0.499. The molecule has 0 aromatic heterocycles. The molecule has 10 heavy (non-hydrogen) atoms. The maximum absolute atomic E-state index is 11.0. The van der Waals surface area contributed by atoms with Crippen molar-refractivity contribution in [2.24, 2.45) is 0 Å². The molecule has 0 fully saturated rings. The Labute approximate surface area is 62.4 Å². The van der Waals surface area contributed by atoms with Crippen LogP contribution in [0.25, 0.3) is 0 Å². The highest BCUT2D eigenvalue weighted by molar-refractivity contribution is 6.03. The highest BCUT2D eigenvalue weighted by atomic mass is 16.1. The summed E-state index contributed by atoms with van der Waals surface area (Å²) in [5.41, 5.74) is 0.810. The highest BCUT2D eigenvalue weighted by Crippen LogP contribution is 1.95. The Morgan fingerprint density at radius 3 is 2.50 bits per heavy atom. The molecule has 0 aliphatic carbocycles. The smallest absolute Gasteiger partial charge is 0.180 e. The Balaban J connectivity index is 3.98. The van der Waals surface area contributed by atoms with Crippen molar-refractivity contribution < 1.29 is 4.79 Å². The standard InChI is InChI=1S/C9H14O/c1-4-6-7-9(10)8(3)5-2/h5-7H,4H2,1-3H3/b7-6+,8-5+. The number of hydrogen-bond donors (Lipinski definition) is 0. The molecule has 0 rings (SSSR count). The van der Waals surface area contributed by atoms with Crippen LogP contribution >= 0.6 is 0 Å². The molecule has 1 heteroatoms. The van der Waals surface area contributed by atoms with Crippen LogP contribution in [-0.2, 0) is 4.79 Å². The monoisotopic (exact) mass is 138 g/mol. The maximum Gasteiger partial charge on any atom is 0.180 e. The summed E-state index contributed by atoms with van der Waals surface area (Å²) in [7, 11) is 0. The summed E-state index contributed by atoms with van der Waals surface area (Å²) in [4.78, 5) is 11.0. The third-order valence-corrected chi connectivity index (χ3v) is 1.33. The van der Waals surface area contributed by atoms with Gasteiger partial charge in [0.2, 0.25) is 0 Å². The van der Waals surface area contributed by atoms with Crippen LogP contribution in [0, 0.1) is 0 Å². The molecule has 0 atom stereocenters. The molecule has 0 aliphatic heterocycles. The second-order valence-corrected chi connectivity index (χ2v) is 2.15. The number of carbonyl (C=O) groups excluding carboxylic acids is 1. The van der Waals surface area contributed by atoms with Crippen molar-refractivity contribution in [3.8, 4) is 0 Å². The van der Waals surface area contributed by atoms with Gasteiger partial charge in [0.25, 0.3) is 0 Å². The van der Waals surface area contributed by atoms with E-state index in [4.69, 9.17) is 0 Å². The molecule has 0 aliphatic rings. The highest BCUT2D eigenvalue weighted by Gasteiger charge is 1.94. The molecule has 0 saturated carbocycles. The third kappa shape index (κ3) is 3.23. The summed E-state index contributed by atoms with van der Waals surface area (Å²) in [6.07, 6.45) is 6.23. The van der Waals surface area contributed by atoms with E-state index in [9.17, 15) is 4.79 Å². The molecule has 0 aromatic carbocycles. The number of rotatable bonds is 3. The lowest BCUT2D eigenvalue weighted by molar-refractivity contribution is -0.111. The largest absolute Gasteiger partial charge is 0.290 e. The van der Waals surface area contributed by atoms with Crippen molar-refractivity contribution in [1.29, 1.82) is 0 Å². The zero-order valence-corrected chi connectivity index (χ0v) is 6.85. The lowest BCUT2D eigenvalue weighted by atomic mass is 10.2. The van der Waals surface area contributed by atoms with E-state index in [1.807, 2.05) is 32.9 Å². The minimum atomic E-state index is 0.115. The predicted octanol–water partition coefficient (Wildman–Crippen LogP) is 2.49. The van der Waals surface area contributed by atoms with Gasteiger partial charge in [0.15, 0.2) is 5.78 Å². The molecule has 56 valence electrons. The van der Waals surface area contributed by atoms with E-state index in [2.05, 4.69) is 0 Å². The molecule has 0 aromatic rings. The lowest BCUT2D eigenvalue weighted by Gasteiger charge is -1.89. The first-order chi connectivity index (χ1) is 4.72. The molecule has 0 bridgehead atoms. The predicted molar refractivity (Wildman–Crippen MR) is 43.9 cm³/mol. The van der Waals surface area contributed by atoms with Crippen LogP contribution in [-0.4, -0.2) is 5.78 Å². The third-order valence-electron chi connectivity index (χ3n) is 1.33. The Hall–Kier alpha value is -0.850. The van der Waals surface area contributed by atoms with Crippen molar-refractivity contribution in [1.82, 2.24) is 0 Å². The van der Waals surface area contributed by atoms with E-state index >= 15 is 0 Å². The number of hydrogen-bond acceptors (Lipinski definition) is 1. The number of allylic oxidation sites excluding steroid dienone is 4. The van der Waals surface area contributed by atoms with E-state index in [0.717, 1.165) is 12.0 Å². The van der Waals surface area contributed by atoms with Gasteiger partial charge in [-0.2, -0.15) is 0 Å². The summed E-state index contributed by atoms with van der Waals surface area (Å²) >= 11 is 0. The first-order valence-corrected chi connectivity index (χ1v) is 3.56. The Kier molecular flexibility index (Phi) is 4.55. The fraction of sp³-hybridized carbons (Fsp3) is 0.444. The topological polar surface area (TPSA) is 17.1 Å². The molecule has 0 spiro atoms. The zero-order chi connectivity index (χ0) is 7.98. The van der Waals surface area contributed by atoms with Crippen LogP contribution in [0.2, 0.25) is 0 Å². The van der Waals surface area contributed by atoms with Gasteiger partial charge in [0.05, 0.1) is 0 Å². The van der Waals surface area contributed by atoms with Crippen LogP contribution in [0.5, 0.6) is 0 Å². The van der Waals surface area contributed by atoms with Gasteiger partial charge in [-0.1, -0.05) is 19.1 Å². The van der Waals surface area contributed by atoms with Gasteiger partial charge in [-0.25, -0.2) is 0 Å². The lowest BCUT2D eigenvalue weighted by Crippen LogP contribution is -1.92. The Morgan fingerprint density at radius 1 is 1.50 bits per heavy atom. The Morgan fingerprint density at radius 2 is 2.10 bits per heavy atom. The van der Waals surface area contributed by atoms with Crippen molar-refractivity contribution in [3.63, 3.8) is 0 Å². The van der Waals surface area contributed by atoms with E-state index in [-0.39, 0.29) is 5.78 Å². The van der Waals surface area contributed by atoms with Gasteiger partial charge in [-0.15, -0.1) is 0 Å². The van der Waals surface area contributed by atoms with E-state index in [0.29, 0.717) is 0 Å². The van der Waals surface area contributed by atoms with Crippen LogP contribution in [0.15, 0.2) is 23.8 Å². The van der Waals surface area contributed by atoms with Gasteiger partial charge in [0.1, 0.15) is 0 Å². The van der Waals surface area contributed by atoms with Crippen LogP contribution in [0.4, 0.5) is 0 Å². The van der Waals surface area contributed by atoms with Gasteiger partial charge in [-0.05, 0) is 31.9 Å². The molecule has 0 heterocycles. The quantitative estimate of drug-likeness (QED) is 0.547. The van der Waals surface area contributed by atoms with Gasteiger partial charge in [0, 0.05) is 0 Å². The van der Waals surface area contributed by atoms with Crippen molar-refractivity contribution in [3.05, 3.63) is 23.8 Å². The van der Waals surface area contributed by atoms with Gasteiger partial charge < -0.3 is 0 Å². The van der Waals surface area contributed by atoms with Gasteiger partial charge in [-0.3, -0.25) is 4.79 Å². The molecular formula is C9H14O. The average molecular weight is 138 g/mol. The summed E-state index contributed by atoms with van der Waals surface area (Å²) in [6, 6.07) is 0. The molecule has 0 radical (unpaired) electrons. The number of ketones is 1. The minimum absolute atomic E-state index is 0.115. The minimum Gasteiger partial charge on any atom is -0.290 e. The van der Waals surface area contributed by atoms with Crippen LogP contribution in [0.1, 0.15) is 27.2 Å². The molecular weight excluding hydrogens is 124 g/mol. The summed E-state index contributed by atoms with van der Waals surface area (Å²) in [6.45, 7) is 5.70. The van der Waals surface area contributed by atoms with Crippen molar-refractivity contribution >= 4 is 5.78 Å². The molecule has 0 amide bonds. The SMILES string of the molecule is C/C=C(\C)C(=O)/C=C/CC. The average Bonchev–Trinajstić information content (AvgIpc) is 1.98. The zero-order valence-electron chi connectivity index (χ0n) is 6.85. The normalized spacial score (nSPS) is 12.5. The summed E-state index contributed by atoms with van der Waals surface area (Å²) in [5.74, 6) is 0.115. The van der Waals surface area contributed by atoms with E-state index in [1.165, 1.54) is 0 Å². The molecule has 0 N–H and O–H groups in total. The number of carbonyl (C=O) groups is 1. The fourth-order valence-electron chi connectivity index (χ4n) is 0.499. The molecule has 0 saturated heterocycles. The second kappa shape index (κ2) is 4.98. The van der Waals surface area contributed by atoms with E-state index in [1.54, 1.807) is 6.08 Å². The van der Waals surface area contributed by atoms with Crippen LogP contribution < -0.4 is 0 Å². The second-order valence-electron chi connectivity index (χ2n) is 2.15. The molecule has 0 unspecified atom stereocenters. The summed E-state index contributed by atoms with van der Waals surface area (Å²) in [5, 5.41) is 0. The van der Waals surface area contributed by atoms with Gasteiger partial charge >= 0.3 is 0 Å². The first kappa shape index (κ1) is 9.15. The Bertz CT molecular complexity index is 164. The van der Waals surface area contributed by atoms with Crippen LogP contribution in [0.3, 0.4) is 0 Å². The van der Waals surface area contributed by atoms with Crippen molar-refractivity contribution in [2.45, 2.75) is 27.2 Å². The molecule has 1 nitrogen and oxygen atoms in total. The van der Waals surface area contributed by atoms with E-state index < -0.39 is 0 Å². The first-order valence-electron chi connectivity index (χ1n) is 3.56. The maximum atomic E-state index is 11.0. The van der Waals surface area contributed by atoms with Crippen molar-refractivity contribution in [2.75, 3.05) is 0 Å².